The average molecular weight is 239 g/mol. The van der Waals surface area contributed by atoms with Crippen LogP contribution in [0, 0.1) is 5.41 Å². The topological polar surface area (TPSA) is 49.9 Å². The van der Waals surface area contributed by atoms with Crippen LogP contribution < -0.4 is 5.73 Å². The number of nitrogens with two attached hydrogens (primary N) is 1. The van der Waals surface area contributed by atoms with Crippen LogP contribution in [0.2, 0.25) is 0 Å². The van der Waals surface area contributed by atoms with Crippen molar-refractivity contribution in [1.29, 1.82) is 5.41 Å². The van der Waals surface area contributed by atoms with E-state index in [1.807, 2.05) is 31.2 Å². The fourth-order valence-electron chi connectivity index (χ4n) is 0.935. The molecule has 0 bridgehead atoms. The predicted molar refractivity (Wildman–Crippen MR) is 59.7 cm³/mol. The molecule has 0 heterocycles. The maximum Gasteiger partial charge on any atom is 0.0432 e. The highest BCUT2D eigenvalue weighted by Gasteiger charge is 1.98. The first-order valence-corrected chi connectivity index (χ1v) is 4.67. The molecule has 0 unspecified atom stereocenters. The number of benzene rings is 1. The van der Waals surface area contributed by atoms with Crippen LogP contribution in [0.1, 0.15) is 12.5 Å². The Labute approximate surface area is 86.1 Å². The molecular weight excluding hydrogens is 228 g/mol. The van der Waals surface area contributed by atoms with E-state index < -0.39 is 0 Å². The summed E-state index contributed by atoms with van der Waals surface area (Å²) in [6.45, 7) is 1.82. The van der Waals surface area contributed by atoms with Crippen molar-refractivity contribution in [3.05, 3.63) is 39.9 Å². The Bertz CT molecular complexity index is 338. The van der Waals surface area contributed by atoms with Gasteiger partial charge in [-0.05, 0) is 30.2 Å². The number of rotatable bonds is 2. The molecule has 0 radical (unpaired) electrons. The van der Waals surface area contributed by atoms with E-state index in [9.17, 15) is 0 Å². The van der Waals surface area contributed by atoms with E-state index in [1.54, 1.807) is 0 Å². The van der Waals surface area contributed by atoms with Crippen LogP contribution in [0.3, 0.4) is 0 Å². The molecule has 3 N–H and O–H groups in total. The van der Waals surface area contributed by atoms with E-state index in [0.29, 0.717) is 5.70 Å². The van der Waals surface area contributed by atoms with Gasteiger partial charge in [0.15, 0.2) is 0 Å². The first-order valence-electron chi connectivity index (χ1n) is 3.88. The van der Waals surface area contributed by atoms with Gasteiger partial charge in [-0.3, -0.25) is 0 Å². The number of allylic oxidation sites excluding steroid dienone is 1. The van der Waals surface area contributed by atoms with Crippen LogP contribution in [-0.4, -0.2) is 6.21 Å². The van der Waals surface area contributed by atoms with Crippen molar-refractivity contribution in [3.8, 4) is 0 Å². The van der Waals surface area contributed by atoms with Crippen LogP contribution in [-0.2, 0) is 0 Å². The van der Waals surface area contributed by atoms with Crippen molar-refractivity contribution in [2.24, 2.45) is 5.73 Å². The minimum atomic E-state index is 0.655. The van der Waals surface area contributed by atoms with E-state index in [0.717, 1.165) is 15.6 Å². The molecule has 0 saturated carbocycles. The highest BCUT2D eigenvalue weighted by atomic mass is 79.9. The first kappa shape index (κ1) is 9.99. The molecule has 0 spiro atoms. The average Bonchev–Trinajstić information content (AvgIpc) is 2.17. The van der Waals surface area contributed by atoms with Gasteiger partial charge in [0, 0.05) is 16.4 Å². The second-order valence-electron chi connectivity index (χ2n) is 2.75. The lowest BCUT2D eigenvalue weighted by Crippen LogP contribution is -2.00. The smallest absolute Gasteiger partial charge is 0.0432 e. The van der Waals surface area contributed by atoms with Gasteiger partial charge in [0.25, 0.3) is 0 Å². The standard InChI is InChI=1S/C10H11BrN2/c1-7(6-12)10(13)8-2-4-9(11)5-3-8/h2-6,12H,13H2,1H3/b10-7-,12-6?. The third kappa shape index (κ3) is 2.42. The molecule has 0 aliphatic rings. The highest BCUT2D eigenvalue weighted by Crippen LogP contribution is 2.16. The molecule has 1 aromatic rings. The van der Waals surface area contributed by atoms with E-state index in [2.05, 4.69) is 15.9 Å². The monoisotopic (exact) mass is 238 g/mol. The van der Waals surface area contributed by atoms with Crippen molar-refractivity contribution < 1.29 is 0 Å². The second kappa shape index (κ2) is 4.23. The summed E-state index contributed by atoms with van der Waals surface area (Å²) in [6.07, 6.45) is 1.26. The van der Waals surface area contributed by atoms with Crippen molar-refractivity contribution in [2.75, 3.05) is 0 Å². The van der Waals surface area contributed by atoms with Crippen molar-refractivity contribution in [3.63, 3.8) is 0 Å². The third-order valence-corrected chi connectivity index (χ3v) is 2.33. The summed E-state index contributed by atoms with van der Waals surface area (Å²) < 4.78 is 1.02. The quantitative estimate of drug-likeness (QED) is 0.766. The molecule has 68 valence electrons. The fraction of sp³-hybridized carbons (Fsp3) is 0.100. The molecule has 0 aliphatic carbocycles. The van der Waals surface area contributed by atoms with Gasteiger partial charge in [0.05, 0.1) is 0 Å². The molecule has 2 nitrogen and oxygen atoms in total. The number of hydrogen-bond acceptors (Lipinski definition) is 2. The van der Waals surface area contributed by atoms with Crippen molar-refractivity contribution >= 4 is 27.8 Å². The first-order chi connectivity index (χ1) is 6.15. The zero-order chi connectivity index (χ0) is 9.84. The summed E-state index contributed by atoms with van der Waals surface area (Å²) in [7, 11) is 0. The van der Waals surface area contributed by atoms with Crippen molar-refractivity contribution in [2.45, 2.75) is 6.92 Å². The second-order valence-corrected chi connectivity index (χ2v) is 3.66. The lowest BCUT2D eigenvalue weighted by Gasteiger charge is -2.03. The van der Waals surface area contributed by atoms with Crippen LogP contribution in [0.5, 0.6) is 0 Å². The summed E-state index contributed by atoms with van der Waals surface area (Å²) in [6, 6.07) is 7.71. The number of nitrogens with one attached hydrogen (secondary N) is 1. The van der Waals surface area contributed by atoms with Crippen LogP contribution in [0.4, 0.5) is 0 Å². The Hall–Kier alpha value is -1.09. The molecular formula is C10H11BrN2. The molecule has 1 aromatic carbocycles. The number of hydrogen-bond donors (Lipinski definition) is 2. The highest BCUT2D eigenvalue weighted by molar-refractivity contribution is 9.10. The Kier molecular flexibility index (Phi) is 3.25. The van der Waals surface area contributed by atoms with Crippen molar-refractivity contribution in [1.82, 2.24) is 0 Å². The summed E-state index contributed by atoms with van der Waals surface area (Å²) in [4.78, 5) is 0. The predicted octanol–water partition coefficient (Wildman–Crippen LogP) is 2.79. The molecule has 0 aromatic heterocycles. The summed E-state index contributed by atoms with van der Waals surface area (Å²) in [5.41, 5.74) is 8.20. The van der Waals surface area contributed by atoms with Gasteiger partial charge in [0.1, 0.15) is 0 Å². The van der Waals surface area contributed by atoms with Crippen LogP contribution in [0.15, 0.2) is 34.3 Å². The molecule has 0 amide bonds. The van der Waals surface area contributed by atoms with Gasteiger partial charge >= 0.3 is 0 Å². The maximum absolute atomic E-state index is 7.06. The molecule has 0 aliphatic heterocycles. The van der Waals surface area contributed by atoms with E-state index >= 15 is 0 Å². The van der Waals surface area contributed by atoms with E-state index in [-0.39, 0.29) is 0 Å². The van der Waals surface area contributed by atoms with Gasteiger partial charge in [-0.25, -0.2) is 0 Å². The largest absolute Gasteiger partial charge is 0.398 e. The number of halogens is 1. The lowest BCUT2D eigenvalue weighted by atomic mass is 10.1. The SMILES string of the molecule is C/C(C=N)=C(/N)c1ccc(Br)cc1. The molecule has 0 atom stereocenters. The minimum Gasteiger partial charge on any atom is -0.398 e. The van der Waals surface area contributed by atoms with Gasteiger partial charge in [-0.2, -0.15) is 0 Å². The Balaban J connectivity index is 3.09. The lowest BCUT2D eigenvalue weighted by molar-refractivity contribution is 1.43. The van der Waals surface area contributed by atoms with Crippen LogP contribution in [0.25, 0.3) is 5.70 Å². The van der Waals surface area contributed by atoms with Gasteiger partial charge in [-0.15, -0.1) is 0 Å². The Morgan fingerprint density at radius 2 is 1.92 bits per heavy atom. The summed E-state index contributed by atoms with van der Waals surface area (Å²) in [5, 5.41) is 7.06. The van der Waals surface area contributed by atoms with E-state index in [4.69, 9.17) is 11.1 Å². The zero-order valence-electron chi connectivity index (χ0n) is 7.34. The summed E-state index contributed by atoms with van der Waals surface area (Å²) >= 11 is 3.35. The third-order valence-electron chi connectivity index (χ3n) is 1.80. The normalized spacial score (nSPS) is 12.2. The zero-order valence-corrected chi connectivity index (χ0v) is 8.93. The molecule has 13 heavy (non-hydrogen) atoms. The van der Waals surface area contributed by atoms with Gasteiger partial charge in [-0.1, -0.05) is 28.1 Å². The molecule has 3 heteroatoms. The minimum absolute atomic E-state index is 0.655. The Morgan fingerprint density at radius 1 is 1.38 bits per heavy atom. The fourth-order valence-corrected chi connectivity index (χ4v) is 1.20. The van der Waals surface area contributed by atoms with E-state index in [1.165, 1.54) is 6.21 Å². The van der Waals surface area contributed by atoms with Gasteiger partial charge < -0.3 is 11.1 Å². The molecule has 1 rings (SSSR count). The maximum atomic E-state index is 7.06. The van der Waals surface area contributed by atoms with Gasteiger partial charge in [0.2, 0.25) is 0 Å². The Morgan fingerprint density at radius 3 is 2.38 bits per heavy atom. The van der Waals surface area contributed by atoms with Crippen LogP contribution >= 0.6 is 15.9 Å². The molecule has 0 saturated heterocycles. The summed E-state index contributed by atoms with van der Waals surface area (Å²) in [5.74, 6) is 0. The molecule has 0 fully saturated rings.